The minimum atomic E-state index is -0.869. The smallest absolute Gasteiger partial charge is 0.261 e. The molecule has 1 aliphatic carbocycles. The number of rotatable bonds is 10. The first kappa shape index (κ1) is 24.5. The third-order valence-corrected chi connectivity index (χ3v) is 6.58. The Morgan fingerprint density at radius 3 is 2.67 bits per heavy atom. The second-order valence-corrected chi connectivity index (χ2v) is 8.97. The molecule has 176 valence electrons. The average molecular weight is 470 g/mol. The zero-order valence-electron chi connectivity index (χ0n) is 18.9. The van der Waals surface area contributed by atoms with Crippen LogP contribution < -0.4 is 15.4 Å². The van der Waals surface area contributed by atoms with Crippen LogP contribution in [-0.4, -0.2) is 48.9 Å². The van der Waals surface area contributed by atoms with Crippen molar-refractivity contribution in [3.63, 3.8) is 0 Å². The van der Waals surface area contributed by atoms with E-state index in [-0.39, 0.29) is 36.9 Å². The molecule has 1 aromatic heterocycles. The average Bonchev–Trinajstić information content (AvgIpc) is 3.38. The molecule has 8 heteroatoms. The van der Waals surface area contributed by atoms with Gasteiger partial charge in [-0.2, -0.15) is 0 Å². The number of hydrogen-bond donors (Lipinski definition) is 2. The summed E-state index contributed by atoms with van der Waals surface area (Å²) in [4.78, 5) is 41.0. The molecule has 0 unspecified atom stereocenters. The minimum Gasteiger partial charge on any atom is -0.497 e. The first-order valence-electron chi connectivity index (χ1n) is 11.2. The summed E-state index contributed by atoms with van der Waals surface area (Å²) < 4.78 is 5.34. The topological polar surface area (TPSA) is 87.7 Å². The fraction of sp³-hybridized carbons (Fsp3) is 0.400. The number of thiophene rings is 1. The summed E-state index contributed by atoms with van der Waals surface area (Å²) in [6, 6.07) is 9.86. The number of methoxy groups -OCH3 is 1. The fourth-order valence-corrected chi connectivity index (χ4v) is 4.69. The molecule has 0 spiro atoms. The van der Waals surface area contributed by atoms with Crippen molar-refractivity contribution in [3.05, 3.63) is 64.9 Å². The van der Waals surface area contributed by atoms with Crippen LogP contribution in [0.4, 0.5) is 0 Å². The van der Waals surface area contributed by atoms with E-state index in [1.165, 1.54) is 22.7 Å². The molecule has 0 radical (unpaired) electrons. The standard InChI is InChI=1S/C25H31N3O4S/c1-3-14-28(22(29)17-26-24(30)21-13-8-15-33-21)23(18-9-7-12-20(16-18)32-2)25(31)27-19-10-5-4-6-11-19/h3,7-9,12-13,15-16,19,23H,1,4-6,10-11,14,17H2,2H3,(H,26,30)(H,27,31)/t23-/m0/s1. The van der Waals surface area contributed by atoms with Crippen molar-refractivity contribution in [2.24, 2.45) is 0 Å². The van der Waals surface area contributed by atoms with E-state index in [2.05, 4.69) is 17.2 Å². The predicted molar refractivity (Wildman–Crippen MR) is 129 cm³/mol. The molecule has 1 aromatic carbocycles. The second-order valence-electron chi connectivity index (χ2n) is 8.02. The van der Waals surface area contributed by atoms with Crippen LogP contribution in [0.2, 0.25) is 0 Å². The van der Waals surface area contributed by atoms with Crippen LogP contribution >= 0.6 is 11.3 Å². The molecule has 7 nitrogen and oxygen atoms in total. The van der Waals surface area contributed by atoms with Crippen LogP contribution in [0, 0.1) is 0 Å². The van der Waals surface area contributed by atoms with E-state index in [1.807, 2.05) is 0 Å². The molecule has 1 atom stereocenters. The van der Waals surface area contributed by atoms with E-state index in [4.69, 9.17) is 4.74 Å². The summed E-state index contributed by atoms with van der Waals surface area (Å²) in [5, 5.41) is 7.61. The summed E-state index contributed by atoms with van der Waals surface area (Å²) >= 11 is 1.30. The largest absolute Gasteiger partial charge is 0.497 e. The third-order valence-electron chi connectivity index (χ3n) is 5.71. The zero-order valence-corrected chi connectivity index (χ0v) is 19.7. The lowest BCUT2D eigenvalue weighted by atomic mass is 9.94. The maximum absolute atomic E-state index is 13.5. The number of benzene rings is 1. The Labute approximate surface area is 198 Å². The number of ether oxygens (including phenoxy) is 1. The van der Waals surface area contributed by atoms with E-state index in [0.717, 1.165) is 25.7 Å². The molecule has 3 rings (SSSR count). The number of carbonyl (C=O) groups excluding carboxylic acids is 3. The summed E-state index contributed by atoms with van der Waals surface area (Å²) in [5.41, 5.74) is 0.641. The van der Waals surface area contributed by atoms with Gasteiger partial charge in [-0.3, -0.25) is 14.4 Å². The van der Waals surface area contributed by atoms with Crippen molar-refractivity contribution in [2.45, 2.75) is 44.2 Å². The number of hydrogen-bond acceptors (Lipinski definition) is 5. The fourth-order valence-electron chi connectivity index (χ4n) is 4.05. The Bertz CT molecular complexity index is 954. The molecule has 2 N–H and O–H groups in total. The molecular formula is C25H31N3O4S. The van der Waals surface area contributed by atoms with E-state index < -0.39 is 6.04 Å². The van der Waals surface area contributed by atoms with Gasteiger partial charge in [0.15, 0.2) is 0 Å². The van der Waals surface area contributed by atoms with Crippen LogP contribution in [0.1, 0.15) is 53.4 Å². The molecule has 0 bridgehead atoms. The minimum absolute atomic E-state index is 0.0959. The van der Waals surface area contributed by atoms with Crippen molar-refractivity contribution in [1.29, 1.82) is 0 Å². The summed E-state index contributed by atoms with van der Waals surface area (Å²) in [6.45, 7) is 3.71. The van der Waals surface area contributed by atoms with Crippen molar-refractivity contribution in [2.75, 3.05) is 20.2 Å². The lowest BCUT2D eigenvalue weighted by molar-refractivity contribution is -0.139. The van der Waals surface area contributed by atoms with Gasteiger partial charge < -0.3 is 20.3 Å². The predicted octanol–water partition coefficient (Wildman–Crippen LogP) is 3.69. The number of nitrogens with zero attached hydrogens (tertiary/aromatic N) is 1. The number of carbonyl (C=O) groups is 3. The number of nitrogens with one attached hydrogen (secondary N) is 2. The summed E-state index contributed by atoms with van der Waals surface area (Å²) in [6.07, 6.45) is 6.79. The van der Waals surface area contributed by atoms with Gasteiger partial charge in [-0.05, 0) is 42.0 Å². The van der Waals surface area contributed by atoms with Gasteiger partial charge in [0, 0.05) is 12.6 Å². The van der Waals surface area contributed by atoms with Crippen molar-refractivity contribution >= 4 is 29.1 Å². The molecule has 0 aliphatic heterocycles. The lowest BCUT2D eigenvalue weighted by Crippen LogP contribution is -2.49. The van der Waals surface area contributed by atoms with Gasteiger partial charge in [-0.1, -0.05) is 43.5 Å². The van der Waals surface area contributed by atoms with Crippen LogP contribution in [0.25, 0.3) is 0 Å². The van der Waals surface area contributed by atoms with Crippen LogP contribution in [-0.2, 0) is 9.59 Å². The van der Waals surface area contributed by atoms with Gasteiger partial charge in [0.2, 0.25) is 11.8 Å². The van der Waals surface area contributed by atoms with Crippen LogP contribution in [0.5, 0.6) is 5.75 Å². The molecule has 2 aromatic rings. The summed E-state index contributed by atoms with van der Waals surface area (Å²) in [7, 11) is 1.56. The number of amides is 3. The van der Waals surface area contributed by atoms with Gasteiger partial charge >= 0.3 is 0 Å². The van der Waals surface area contributed by atoms with Crippen molar-refractivity contribution in [1.82, 2.24) is 15.5 Å². The van der Waals surface area contributed by atoms with Gasteiger partial charge in [-0.25, -0.2) is 0 Å². The molecule has 33 heavy (non-hydrogen) atoms. The highest BCUT2D eigenvalue weighted by Gasteiger charge is 2.32. The molecule has 1 heterocycles. The van der Waals surface area contributed by atoms with Crippen molar-refractivity contribution in [3.8, 4) is 5.75 Å². The molecule has 1 fully saturated rings. The molecule has 1 aliphatic rings. The molecular weight excluding hydrogens is 438 g/mol. The van der Waals surface area contributed by atoms with Gasteiger partial charge in [0.25, 0.3) is 5.91 Å². The zero-order chi connectivity index (χ0) is 23.6. The maximum atomic E-state index is 13.5. The van der Waals surface area contributed by atoms with Gasteiger partial charge in [0.05, 0.1) is 18.5 Å². The first-order chi connectivity index (χ1) is 16.0. The van der Waals surface area contributed by atoms with Gasteiger partial charge in [-0.15, -0.1) is 17.9 Å². The van der Waals surface area contributed by atoms with Crippen LogP contribution in [0.3, 0.4) is 0 Å². The van der Waals surface area contributed by atoms with E-state index >= 15 is 0 Å². The maximum Gasteiger partial charge on any atom is 0.261 e. The highest BCUT2D eigenvalue weighted by molar-refractivity contribution is 7.12. The first-order valence-corrected chi connectivity index (χ1v) is 12.1. The Morgan fingerprint density at radius 2 is 2.00 bits per heavy atom. The SMILES string of the molecule is C=CCN(C(=O)CNC(=O)c1cccs1)[C@H](C(=O)NC1CCCCC1)c1cccc(OC)c1. The normalized spacial score (nSPS) is 14.7. The highest BCUT2D eigenvalue weighted by atomic mass is 32.1. The molecule has 1 saturated carbocycles. The Morgan fingerprint density at radius 1 is 1.21 bits per heavy atom. The Kier molecular flexibility index (Phi) is 9.06. The quantitative estimate of drug-likeness (QED) is 0.520. The van der Waals surface area contributed by atoms with E-state index in [1.54, 1.807) is 55.0 Å². The highest BCUT2D eigenvalue weighted by Crippen LogP contribution is 2.26. The lowest BCUT2D eigenvalue weighted by Gasteiger charge is -2.33. The second kappa shape index (κ2) is 12.2. The van der Waals surface area contributed by atoms with Crippen molar-refractivity contribution < 1.29 is 19.1 Å². The van der Waals surface area contributed by atoms with Gasteiger partial charge in [0.1, 0.15) is 11.8 Å². The molecule has 0 saturated heterocycles. The monoisotopic (exact) mass is 469 g/mol. The Balaban J connectivity index is 1.83. The summed E-state index contributed by atoms with van der Waals surface area (Å²) in [5.74, 6) is -0.331. The third kappa shape index (κ3) is 6.68. The van der Waals surface area contributed by atoms with E-state index in [9.17, 15) is 14.4 Å². The Hall–Kier alpha value is -3.13. The van der Waals surface area contributed by atoms with Crippen LogP contribution in [0.15, 0.2) is 54.4 Å². The molecule has 3 amide bonds. The van der Waals surface area contributed by atoms with E-state index in [0.29, 0.717) is 16.2 Å².